The predicted molar refractivity (Wildman–Crippen MR) is 109 cm³/mol. The lowest BCUT2D eigenvalue weighted by Gasteiger charge is -2.12. The monoisotopic (exact) mass is 386 g/mol. The molecule has 0 aliphatic heterocycles. The molecule has 3 aromatic rings. The van der Waals surface area contributed by atoms with Gasteiger partial charge in [0.05, 0.1) is 0 Å². The maximum atomic E-state index is 14.4. The molecule has 26 heavy (non-hydrogen) atoms. The van der Waals surface area contributed by atoms with Crippen molar-refractivity contribution in [1.29, 1.82) is 0 Å². The highest BCUT2D eigenvalue weighted by Gasteiger charge is 2.09. The third-order valence-corrected chi connectivity index (χ3v) is 5.50. The van der Waals surface area contributed by atoms with Crippen molar-refractivity contribution in [2.75, 3.05) is 0 Å². The Kier molecular flexibility index (Phi) is 5.70. The van der Waals surface area contributed by atoms with Gasteiger partial charge in [0.25, 0.3) is 0 Å². The largest absolute Gasteiger partial charge is 0.207 e. The van der Waals surface area contributed by atoms with Crippen LogP contribution in [0.25, 0.3) is 0 Å². The van der Waals surface area contributed by atoms with Crippen molar-refractivity contribution in [3.8, 4) is 0 Å². The summed E-state index contributed by atoms with van der Waals surface area (Å²) in [4.78, 5) is 0. The molecule has 0 aliphatic rings. The van der Waals surface area contributed by atoms with Crippen molar-refractivity contribution in [2.24, 2.45) is 0 Å². The van der Waals surface area contributed by atoms with Crippen LogP contribution in [-0.2, 0) is 12.8 Å². The molecule has 0 unspecified atom stereocenters. The second kappa shape index (κ2) is 7.82. The fourth-order valence-electron chi connectivity index (χ4n) is 3.22. The van der Waals surface area contributed by atoms with E-state index in [0.717, 1.165) is 16.7 Å². The zero-order chi connectivity index (χ0) is 18.8. The summed E-state index contributed by atoms with van der Waals surface area (Å²) < 4.78 is 14.4. The van der Waals surface area contributed by atoms with Crippen LogP contribution in [0.3, 0.4) is 0 Å². The van der Waals surface area contributed by atoms with Crippen LogP contribution >= 0.6 is 23.2 Å². The quantitative estimate of drug-likeness (QED) is 0.443. The third kappa shape index (κ3) is 4.28. The molecule has 0 saturated carbocycles. The van der Waals surface area contributed by atoms with Crippen LogP contribution in [0.2, 0.25) is 10.0 Å². The van der Waals surface area contributed by atoms with Crippen molar-refractivity contribution in [3.05, 3.63) is 103 Å². The number of benzene rings is 3. The van der Waals surface area contributed by atoms with Gasteiger partial charge in [-0.3, -0.25) is 0 Å². The average Bonchev–Trinajstić information content (AvgIpc) is 2.59. The van der Waals surface area contributed by atoms with Crippen molar-refractivity contribution < 1.29 is 4.39 Å². The van der Waals surface area contributed by atoms with Gasteiger partial charge in [0.1, 0.15) is 5.82 Å². The number of hydrogen-bond donors (Lipinski definition) is 0. The molecular weight excluding hydrogens is 366 g/mol. The molecule has 3 aromatic carbocycles. The van der Waals surface area contributed by atoms with Gasteiger partial charge in [0, 0.05) is 16.5 Å². The molecule has 0 heterocycles. The maximum absolute atomic E-state index is 14.4. The number of halogens is 3. The predicted octanol–water partition coefficient (Wildman–Crippen LogP) is 7.24. The van der Waals surface area contributed by atoms with Crippen LogP contribution in [0.5, 0.6) is 0 Å². The molecule has 3 heteroatoms. The zero-order valence-electron chi connectivity index (χ0n) is 15.2. The first kappa shape index (κ1) is 18.9. The smallest absolute Gasteiger partial charge is 0.126 e. The molecule has 134 valence electrons. The van der Waals surface area contributed by atoms with Crippen molar-refractivity contribution in [3.63, 3.8) is 0 Å². The fraction of sp³-hybridized carbons (Fsp3) is 0.217. The SMILES string of the molecule is Cc1cc(Cc2cc(Cc3cc(Cl)ccc3Cl)ccc2F)cc(C)c1C. The number of aryl methyl sites for hydroxylation is 2. The number of rotatable bonds is 4. The van der Waals surface area contributed by atoms with Gasteiger partial charge in [0.2, 0.25) is 0 Å². The van der Waals surface area contributed by atoms with E-state index in [2.05, 4.69) is 32.9 Å². The first-order chi connectivity index (χ1) is 12.3. The second-order valence-electron chi connectivity index (χ2n) is 6.87. The molecule has 0 radical (unpaired) electrons. The van der Waals surface area contributed by atoms with Gasteiger partial charge in [-0.05, 0) is 90.4 Å². The molecular formula is C23H21Cl2F. The van der Waals surface area contributed by atoms with Gasteiger partial charge in [-0.15, -0.1) is 0 Å². The fourth-order valence-corrected chi connectivity index (χ4v) is 3.60. The first-order valence-electron chi connectivity index (χ1n) is 8.61. The Balaban J connectivity index is 1.89. The van der Waals surface area contributed by atoms with Crippen LogP contribution in [0.4, 0.5) is 4.39 Å². The third-order valence-electron chi connectivity index (χ3n) is 4.89. The molecule has 0 nitrogen and oxygen atoms in total. The van der Waals surface area contributed by atoms with Gasteiger partial charge in [-0.2, -0.15) is 0 Å². The van der Waals surface area contributed by atoms with Crippen LogP contribution in [0.1, 0.15) is 38.9 Å². The van der Waals surface area contributed by atoms with Crippen LogP contribution in [0, 0.1) is 26.6 Å². The van der Waals surface area contributed by atoms with Crippen molar-refractivity contribution in [1.82, 2.24) is 0 Å². The van der Waals surface area contributed by atoms with Gasteiger partial charge in [0.15, 0.2) is 0 Å². The normalized spacial score (nSPS) is 11.0. The summed E-state index contributed by atoms with van der Waals surface area (Å²) in [6.07, 6.45) is 1.20. The Bertz CT molecular complexity index is 937. The standard InChI is InChI=1S/C23H21Cl2F/c1-14-8-18(9-15(2)16(14)3)12-20-11-17(4-7-23(20)26)10-19-13-21(24)5-6-22(19)25/h4-9,11,13H,10,12H2,1-3H3. The van der Waals surface area contributed by atoms with Crippen molar-refractivity contribution in [2.45, 2.75) is 33.6 Å². The minimum absolute atomic E-state index is 0.179. The Hall–Kier alpha value is -1.83. The Labute approximate surface area is 164 Å². The summed E-state index contributed by atoms with van der Waals surface area (Å²) in [5.74, 6) is -0.179. The van der Waals surface area contributed by atoms with E-state index < -0.39 is 0 Å². The lowest BCUT2D eigenvalue weighted by atomic mass is 9.95. The van der Waals surface area contributed by atoms with Crippen LogP contribution < -0.4 is 0 Å². The number of hydrogen-bond acceptors (Lipinski definition) is 0. The highest BCUT2D eigenvalue weighted by molar-refractivity contribution is 6.33. The molecule has 0 fully saturated rings. The zero-order valence-corrected chi connectivity index (χ0v) is 16.7. The summed E-state index contributed by atoms with van der Waals surface area (Å²) in [7, 11) is 0. The Morgan fingerprint density at radius 2 is 1.38 bits per heavy atom. The summed E-state index contributed by atoms with van der Waals surface area (Å²) >= 11 is 12.3. The molecule has 3 rings (SSSR count). The highest BCUT2D eigenvalue weighted by Crippen LogP contribution is 2.25. The molecule has 0 aliphatic carbocycles. The van der Waals surface area contributed by atoms with E-state index in [1.165, 1.54) is 22.8 Å². The second-order valence-corrected chi connectivity index (χ2v) is 7.71. The lowest BCUT2D eigenvalue weighted by Crippen LogP contribution is -1.98. The minimum atomic E-state index is -0.179. The van der Waals surface area contributed by atoms with E-state index in [9.17, 15) is 4.39 Å². The highest BCUT2D eigenvalue weighted by atomic mass is 35.5. The Morgan fingerprint density at radius 3 is 2.08 bits per heavy atom. The van der Waals surface area contributed by atoms with E-state index in [1.807, 2.05) is 18.2 Å². The summed E-state index contributed by atoms with van der Waals surface area (Å²) in [6, 6.07) is 15.0. The Morgan fingerprint density at radius 1 is 0.731 bits per heavy atom. The molecule has 0 N–H and O–H groups in total. The van der Waals surface area contributed by atoms with E-state index in [1.54, 1.807) is 12.1 Å². The van der Waals surface area contributed by atoms with E-state index in [4.69, 9.17) is 23.2 Å². The molecule has 0 saturated heterocycles. The molecule has 0 spiro atoms. The summed E-state index contributed by atoms with van der Waals surface area (Å²) in [6.45, 7) is 6.31. The van der Waals surface area contributed by atoms with E-state index in [-0.39, 0.29) is 5.82 Å². The summed E-state index contributed by atoms with van der Waals surface area (Å²) in [5, 5.41) is 1.32. The van der Waals surface area contributed by atoms with Crippen LogP contribution in [-0.4, -0.2) is 0 Å². The maximum Gasteiger partial charge on any atom is 0.126 e. The summed E-state index contributed by atoms with van der Waals surface area (Å²) in [5.41, 5.74) is 7.55. The van der Waals surface area contributed by atoms with Crippen molar-refractivity contribution >= 4 is 23.2 Å². The molecule has 0 bridgehead atoms. The molecule has 0 atom stereocenters. The van der Waals surface area contributed by atoms with Crippen LogP contribution in [0.15, 0.2) is 48.5 Å². The molecule has 0 aromatic heterocycles. The minimum Gasteiger partial charge on any atom is -0.207 e. The first-order valence-corrected chi connectivity index (χ1v) is 9.37. The average molecular weight is 387 g/mol. The topological polar surface area (TPSA) is 0 Å². The molecule has 0 amide bonds. The van der Waals surface area contributed by atoms with E-state index in [0.29, 0.717) is 28.5 Å². The van der Waals surface area contributed by atoms with Gasteiger partial charge < -0.3 is 0 Å². The van der Waals surface area contributed by atoms with Gasteiger partial charge in [-0.1, -0.05) is 47.5 Å². The lowest BCUT2D eigenvalue weighted by molar-refractivity contribution is 0.613. The van der Waals surface area contributed by atoms with Gasteiger partial charge >= 0.3 is 0 Å². The van der Waals surface area contributed by atoms with E-state index >= 15 is 0 Å². The van der Waals surface area contributed by atoms with Gasteiger partial charge in [-0.25, -0.2) is 4.39 Å².